The van der Waals surface area contributed by atoms with E-state index >= 15 is 0 Å². The number of halogens is 1. The summed E-state index contributed by atoms with van der Waals surface area (Å²) in [5, 5.41) is 4.68. The molecule has 0 saturated carbocycles. The molecule has 0 N–H and O–H groups in total. The van der Waals surface area contributed by atoms with Crippen LogP contribution in [0.4, 0.5) is 0 Å². The number of hydrogen-bond donors (Lipinski definition) is 0. The normalized spacial score (nSPS) is 10.8. The van der Waals surface area contributed by atoms with Crippen LogP contribution in [0.5, 0.6) is 0 Å². The average Bonchev–Trinajstić information content (AvgIpc) is 2.80. The third kappa shape index (κ3) is 2.35. The quantitative estimate of drug-likeness (QED) is 0.639. The van der Waals surface area contributed by atoms with E-state index in [9.17, 15) is 0 Å². The number of rotatable bonds is 2. The van der Waals surface area contributed by atoms with Crippen LogP contribution in [0.2, 0.25) is 5.02 Å². The molecule has 3 rings (SSSR count). The Morgan fingerprint density at radius 2 is 1.50 bits per heavy atom. The van der Waals surface area contributed by atoms with Crippen molar-refractivity contribution in [2.45, 2.75) is 13.8 Å². The Morgan fingerprint density at radius 3 is 2.15 bits per heavy atom. The minimum Gasteiger partial charge on any atom is -0.354 e. The van der Waals surface area contributed by atoms with Crippen LogP contribution in [-0.4, -0.2) is 5.16 Å². The zero-order valence-corrected chi connectivity index (χ0v) is 12.1. The summed E-state index contributed by atoms with van der Waals surface area (Å²) in [6.07, 6.45) is 0. The first-order valence-corrected chi connectivity index (χ1v) is 6.82. The number of aromatic nitrogens is 1. The van der Waals surface area contributed by atoms with Gasteiger partial charge in [-0.15, -0.1) is 0 Å². The Kier molecular flexibility index (Phi) is 3.33. The van der Waals surface area contributed by atoms with Crippen molar-refractivity contribution in [1.29, 1.82) is 0 Å². The van der Waals surface area contributed by atoms with Gasteiger partial charge in [-0.3, -0.25) is 0 Å². The summed E-state index contributed by atoms with van der Waals surface area (Å²) in [5.74, 6) is 0.617. The van der Waals surface area contributed by atoms with E-state index in [-0.39, 0.29) is 0 Å². The standard InChI is InChI=1S/C17H14ClNO/c1-11-5-3-7-13(9-11)16-15(18)17(20-19-16)14-8-4-6-12(2)10-14/h3-10H,1-2H3. The molecule has 2 aromatic carbocycles. The van der Waals surface area contributed by atoms with Gasteiger partial charge in [0, 0.05) is 11.1 Å². The van der Waals surface area contributed by atoms with Crippen molar-refractivity contribution in [2.24, 2.45) is 0 Å². The van der Waals surface area contributed by atoms with Crippen LogP contribution in [0.1, 0.15) is 11.1 Å². The molecule has 1 heterocycles. The predicted octanol–water partition coefficient (Wildman–Crippen LogP) is 5.28. The highest BCUT2D eigenvalue weighted by atomic mass is 35.5. The number of aryl methyl sites for hydroxylation is 2. The first-order valence-electron chi connectivity index (χ1n) is 6.44. The molecular formula is C17H14ClNO. The third-order valence-corrected chi connectivity index (χ3v) is 3.56. The van der Waals surface area contributed by atoms with E-state index in [2.05, 4.69) is 5.16 Å². The van der Waals surface area contributed by atoms with E-state index in [4.69, 9.17) is 16.1 Å². The van der Waals surface area contributed by atoms with Gasteiger partial charge in [-0.2, -0.15) is 0 Å². The molecule has 0 amide bonds. The van der Waals surface area contributed by atoms with Crippen molar-refractivity contribution >= 4 is 11.6 Å². The Hall–Kier alpha value is -2.06. The number of nitrogens with zero attached hydrogens (tertiary/aromatic N) is 1. The smallest absolute Gasteiger partial charge is 0.186 e. The highest BCUT2D eigenvalue weighted by molar-refractivity contribution is 6.35. The number of hydrogen-bond acceptors (Lipinski definition) is 2. The largest absolute Gasteiger partial charge is 0.354 e. The Labute approximate surface area is 123 Å². The van der Waals surface area contributed by atoms with Crippen molar-refractivity contribution < 1.29 is 4.52 Å². The molecule has 0 fully saturated rings. The van der Waals surface area contributed by atoms with Crippen LogP contribution in [0, 0.1) is 13.8 Å². The fraction of sp³-hybridized carbons (Fsp3) is 0.118. The maximum atomic E-state index is 6.44. The molecule has 3 aromatic rings. The molecule has 0 atom stereocenters. The van der Waals surface area contributed by atoms with Gasteiger partial charge < -0.3 is 4.52 Å². The maximum Gasteiger partial charge on any atom is 0.186 e. The highest BCUT2D eigenvalue weighted by Crippen LogP contribution is 2.36. The molecule has 0 bridgehead atoms. The van der Waals surface area contributed by atoms with Crippen molar-refractivity contribution in [3.63, 3.8) is 0 Å². The summed E-state index contributed by atoms with van der Waals surface area (Å²) in [6, 6.07) is 16.1. The molecule has 0 aliphatic rings. The predicted molar refractivity (Wildman–Crippen MR) is 81.9 cm³/mol. The Morgan fingerprint density at radius 1 is 0.900 bits per heavy atom. The van der Waals surface area contributed by atoms with Crippen molar-refractivity contribution in [2.75, 3.05) is 0 Å². The van der Waals surface area contributed by atoms with Crippen LogP contribution in [0.15, 0.2) is 53.1 Å². The second kappa shape index (κ2) is 5.14. The fourth-order valence-corrected chi connectivity index (χ4v) is 2.50. The second-order valence-electron chi connectivity index (χ2n) is 4.91. The molecular weight excluding hydrogens is 270 g/mol. The van der Waals surface area contributed by atoms with E-state index < -0.39 is 0 Å². The van der Waals surface area contributed by atoms with Gasteiger partial charge in [0.2, 0.25) is 0 Å². The van der Waals surface area contributed by atoms with Gasteiger partial charge >= 0.3 is 0 Å². The monoisotopic (exact) mass is 283 g/mol. The van der Waals surface area contributed by atoms with Gasteiger partial charge in [-0.25, -0.2) is 0 Å². The molecule has 20 heavy (non-hydrogen) atoms. The van der Waals surface area contributed by atoms with Gasteiger partial charge in [0.15, 0.2) is 5.76 Å². The van der Waals surface area contributed by atoms with Gasteiger partial charge in [-0.05, 0) is 26.0 Å². The minimum atomic E-state index is 0.557. The lowest BCUT2D eigenvalue weighted by Crippen LogP contribution is -1.80. The highest BCUT2D eigenvalue weighted by Gasteiger charge is 2.17. The molecule has 3 heteroatoms. The van der Waals surface area contributed by atoms with Crippen LogP contribution >= 0.6 is 11.6 Å². The molecule has 0 saturated heterocycles. The van der Waals surface area contributed by atoms with Crippen LogP contribution in [0.3, 0.4) is 0 Å². The summed E-state index contributed by atoms with van der Waals surface area (Å²) in [4.78, 5) is 0. The van der Waals surface area contributed by atoms with Crippen molar-refractivity contribution in [3.8, 4) is 22.6 Å². The van der Waals surface area contributed by atoms with E-state index in [0.717, 1.165) is 16.7 Å². The molecule has 0 aliphatic heterocycles. The first kappa shape index (κ1) is 12.9. The Balaban J connectivity index is 2.09. The van der Waals surface area contributed by atoms with E-state index in [1.54, 1.807) is 0 Å². The summed E-state index contributed by atoms with van der Waals surface area (Å²) in [5.41, 5.74) is 4.93. The zero-order chi connectivity index (χ0) is 14.1. The molecule has 0 radical (unpaired) electrons. The van der Waals surface area contributed by atoms with Gasteiger partial charge in [0.05, 0.1) is 0 Å². The Bertz CT molecular complexity index is 698. The average molecular weight is 284 g/mol. The van der Waals surface area contributed by atoms with Gasteiger partial charge in [0.1, 0.15) is 10.7 Å². The van der Waals surface area contributed by atoms with Crippen molar-refractivity contribution in [3.05, 3.63) is 64.7 Å². The fourth-order valence-electron chi connectivity index (χ4n) is 2.22. The summed E-state index contributed by atoms with van der Waals surface area (Å²) < 4.78 is 5.45. The van der Waals surface area contributed by atoms with Crippen LogP contribution < -0.4 is 0 Å². The van der Waals surface area contributed by atoms with Gasteiger partial charge in [0.25, 0.3) is 0 Å². The molecule has 0 aliphatic carbocycles. The SMILES string of the molecule is Cc1cccc(-c2noc(-c3cccc(C)c3)c2Cl)c1. The minimum absolute atomic E-state index is 0.557. The number of benzene rings is 2. The molecule has 100 valence electrons. The summed E-state index contributed by atoms with van der Waals surface area (Å²) >= 11 is 6.44. The molecule has 0 unspecified atom stereocenters. The summed E-state index contributed by atoms with van der Waals surface area (Å²) in [7, 11) is 0. The lowest BCUT2D eigenvalue weighted by atomic mass is 10.1. The zero-order valence-electron chi connectivity index (χ0n) is 11.4. The first-order chi connectivity index (χ1) is 9.65. The summed E-state index contributed by atoms with van der Waals surface area (Å²) in [6.45, 7) is 4.08. The molecule has 1 aromatic heterocycles. The van der Waals surface area contributed by atoms with Crippen LogP contribution in [0.25, 0.3) is 22.6 Å². The van der Waals surface area contributed by atoms with E-state index in [1.165, 1.54) is 5.56 Å². The lowest BCUT2D eigenvalue weighted by molar-refractivity contribution is 0.435. The topological polar surface area (TPSA) is 26.0 Å². The van der Waals surface area contributed by atoms with Gasteiger partial charge in [-0.1, -0.05) is 64.3 Å². The van der Waals surface area contributed by atoms with E-state index in [1.807, 2.05) is 62.4 Å². The second-order valence-corrected chi connectivity index (χ2v) is 5.29. The van der Waals surface area contributed by atoms with E-state index in [0.29, 0.717) is 16.5 Å². The van der Waals surface area contributed by atoms with Crippen molar-refractivity contribution in [1.82, 2.24) is 5.16 Å². The lowest BCUT2D eigenvalue weighted by Gasteiger charge is -2.00. The maximum absolute atomic E-state index is 6.44. The molecule has 0 spiro atoms. The molecule has 2 nitrogen and oxygen atoms in total. The third-order valence-electron chi connectivity index (χ3n) is 3.21. The van der Waals surface area contributed by atoms with Crippen LogP contribution in [-0.2, 0) is 0 Å².